The number of ether oxygens (including phenoxy) is 3. The number of rotatable bonds is 6. The highest BCUT2D eigenvalue weighted by Gasteiger charge is 2.49. The Labute approximate surface area is 211 Å². The minimum atomic E-state index is -0.490. The second kappa shape index (κ2) is 10.3. The van der Waals surface area contributed by atoms with Crippen molar-refractivity contribution in [3.05, 3.63) is 47.5 Å². The summed E-state index contributed by atoms with van der Waals surface area (Å²) >= 11 is 0. The maximum Gasteiger partial charge on any atom is 0.407 e. The first-order chi connectivity index (χ1) is 17.5. The van der Waals surface area contributed by atoms with Gasteiger partial charge in [0.2, 0.25) is 11.8 Å². The third kappa shape index (κ3) is 4.84. The third-order valence-electron chi connectivity index (χ3n) is 7.37. The first kappa shape index (κ1) is 24.4. The van der Waals surface area contributed by atoms with Crippen LogP contribution in [-0.2, 0) is 20.9 Å². The molecular weight excluding hydrogens is 460 g/mol. The molecule has 3 heterocycles. The molecule has 9 heteroatoms. The summed E-state index contributed by atoms with van der Waals surface area (Å²) in [7, 11) is 1.57. The highest BCUT2D eigenvalue weighted by Crippen LogP contribution is 2.52. The van der Waals surface area contributed by atoms with E-state index < -0.39 is 6.09 Å². The summed E-state index contributed by atoms with van der Waals surface area (Å²) in [6.07, 6.45) is 1.62. The monoisotopic (exact) mass is 494 g/mol. The fourth-order valence-corrected chi connectivity index (χ4v) is 5.51. The van der Waals surface area contributed by atoms with Crippen LogP contribution in [0.3, 0.4) is 0 Å². The van der Waals surface area contributed by atoms with Crippen LogP contribution in [0.15, 0.2) is 36.4 Å². The van der Waals surface area contributed by atoms with Crippen molar-refractivity contribution in [2.75, 3.05) is 43.2 Å². The number of fused-ring (bicyclic) bond motifs is 1. The Bertz CT molecular complexity index is 1100. The summed E-state index contributed by atoms with van der Waals surface area (Å²) < 4.78 is 16.9. The summed E-state index contributed by atoms with van der Waals surface area (Å²) in [5, 5.41) is 3.12. The third-order valence-corrected chi connectivity index (χ3v) is 7.37. The molecule has 1 aromatic heterocycles. The molecule has 1 unspecified atom stereocenters. The van der Waals surface area contributed by atoms with Gasteiger partial charge in [0.15, 0.2) is 0 Å². The molecule has 2 aliphatic heterocycles. The van der Waals surface area contributed by atoms with Crippen LogP contribution in [0.4, 0.5) is 16.3 Å². The van der Waals surface area contributed by atoms with Crippen molar-refractivity contribution in [2.45, 2.75) is 45.4 Å². The second-order valence-electron chi connectivity index (χ2n) is 9.79. The first-order valence-corrected chi connectivity index (χ1v) is 12.7. The number of amides is 2. The van der Waals surface area contributed by atoms with Gasteiger partial charge in [0.25, 0.3) is 0 Å². The van der Waals surface area contributed by atoms with Gasteiger partial charge >= 0.3 is 6.09 Å². The number of methoxy groups -OCH3 is 1. The van der Waals surface area contributed by atoms with Gasteiger partial charge in [-0.3, -0.25) is 4.79 Å². The molecule has 0 spiro atoms. The highest BCUT2D eigenvalue weighted by atomic mass is 16.5. The van der Waals surface area contributed by atoms with Crippen molar-refractivity contribution in [1.29, 1.82) is 0 Å². The van der Waals surface area contributed by atoms with Crippen LogP contribution in [0, 0.1) is 11.8 Å². The Hall–Kier alpha value is -3.33. The zero-order valence-corrected chi connectivity index (χ0v) is 21.1. The molecule has 0 bridgehead atoms. The molecule has 2 amide bonds. The number of anilines is 2. The lowest BCUT2D eigenvalue weighted by Gasteiger charge is -2.46. The summed E-state index contributed by atoms with van der Waals surface area (Å²) in [5.74, 6) is 1.45. The molecule has 9 nitrogen and oxygen atoms in total. The number of hydrogen-bond acceptors (Lipinski definition) is 7. The molecule has 1 saturated heterocycles. The largest absolute Gasteiger partial charge is 0.479 e. The molecule has 3 atom stereocenters. The summed E-state index contributed by atoms with van der Waals surface area (Å²) in [5.41, 5.74) is 2.38. The second-order valence-corrected chi connectivity index (χ2v) is 9.79. The molecule has 2 aromatic rings. The van der Waals surface area contributed by atoms with Gasteiger partial charge < -0.3 is 29.3 Å². The summed E-state index contributed by atoms with van der Waals surface area (Å²) in [6.45, 7) is 6.54. The maximum atomic E-state index is 13.0. The summed E-state index contributed by atoms with van der Waals surface area (Å²) in [6, 6.07) is 11.2. The molecule has 1 N–H and O–H groups in total. The Balaban J connectivity index is 1.51. The van der Waals surface area contributed by atoms with Crippen LogP contribution < -0.4 is 19.9 Å². The number of nitrogens with zero attached hydrogens (tertiary/aromatic N) is 3. The van der Waals surface area contributed by atoms with E-state index in [9.17, 15) is 9.59 Å². The molecule has 3 aliphatic rings. The Morgan fingerprint density at radius 2 is 1.89 bits per heavy atom. The molecule has 2 fully saturated rings. The van der Waals surface area contributed by atoms with E-state index in [4.69, 9.17) is 19.2 Å². The molecule has 192 valence electrons. The predicted molar refractivity (Wildman–Crippen MR) is 135 cm³/mol. The average molecular weight is 495 g/mol. The molecule has 1 aromatic carbocycles. The number of benzene rings is 1. The van der Waals surface area contributed by atoms with Gasteiger partial charge in [-0.2, -0.15) is 4.98 Å². The first-order valence-electron chi connectivity index (χ1n) is 12.7. The smallest absolute Gasteiger partial charge is 0.407 e. The predicted octanol–water partition coefficient (Wildman–Crippen LogP) is 3.68. The van der Waals surface area contributed by atoms with Gasteiger partial charge in [0.05, 0.1) is 26.4 Å². The van der Waals surface area contributed by atoms with Crippen LogP contribution in [-0.4, -0.2) is 56.4 Å². The van der Waals surface area contributed by atoms with Crippen molar-refractivity contribution >= 4 is 23.5 Å². The molecule has 5 rings (SSSR count). The standard InChI is InChI=1S/C27H34N4O5/c1-17-23(29-27(33)36-16-19-7-5-4-6-8-19)21-15-22(30-11-13-35-14-12-30)28-26(34-3)25(21)31(18(2)32)24(17)20-9-10-20/h4-8,15,17,20,23-24H,9-14,16H2,1-3H3,(H,29,33)/t17-,23?,24-/m1/s1. The van der Waals surface area contributed by atoms with Crippen molar-refractivity contribution in [3.8, 4) is 5.88 Å². The van der Waals surface area contributed by atoms with Gasteiger partial charge in [0.1, 0.15) is 18.1 Å². The number of aromatic nitrogens is 1. The Morgan fingerprint density at radius 1 is 1.17 bits per heavy atom. The number of morpholine rings is 1. The number of hydrogen-bond donors (Lipinski definition) is 1. The molecular formula is C27H34N4O5. The number of carbonyl (C=O) groups is 2. The van der Waals surface area contributed by atoms with Crippen molar-refractivity contribution in [1.82, 2.24) is 10.3 Å². The minimum absolute atomic E-state index is 0.0252. The molecule has 36 heavy (non-hydrogen) atoms. The number of pyridine rings is 1. The van der Waals surface area contributed by atoms with Crippen molar-refractivity contribution in [3.63, 3.8) is 0 Å². The topological polar surface area (TPSA) is 93.2 Å². The average Bonchev–Trinajstić information content (AvgIpc) is 3.74. The zero-order chi connectivity index (χ0) is 25.2. The van der Waals surface area contributed by atoms with Crippen molar-refractivity contribution in [2.24, 2.45) is 11.8 Å². The van der Waals surface area contributed by atoms with Crippen LogP contribution in [0.1, 0.15) is 43.9 Å². The van der Waals surface area contributed by atoms with Gasteiger partial charge in [-0.05, 0) is 30.4 Å². The lowest BCUT2D eigenvalue weighted by Crippen LogP contribution is -2.53. The summed E-state index contributed by atoms with van der Waals surface area (Å²) in [4.78, 5) is 34.8. The number of carbonyl (C=O) groups excluding carboxylic acids is 2. The lowest BCUT2D eigenvalue weighted by molar-refractivity contribution is -0.117. The number of nitrogens with one attached hydrogen (secondary N) is 1. The van der Waals surface area contributed by atoms with E-state index in [1.54, 1.807) is 14.0 Å². The Kier molecular flexibility index (Phi) is 7.00. The zero-order valence-electron chi connectivity index (χ0n) is 21.1. The lowest BCUT2D eigenvalue weighted by atomic mass is 9.80. The van der Waals surface area contributed by atoms with E-state index in [0.29, 0.717) is 43.8 Å². The number of alkyl carbamates (subject to hydrolysis) is 1. The fraction of sp³-hybridized carbons (Fsp3) is 0.519. The van der Waals surface area contributed by atoms with E-state index >= 15 is 0 Å². The van der Waals surface area contributed by atoms with Crippen LogP contribution in [0.25, 0.3) is 0 Å². The molecule has 1 saturated carbocycles. The quantitative estimate of drug-likeness (QED) is 0.655. The van der Waals surface area contributed by atoms with Crippen LogP contribution in [0.2, 0.25) is 0 Å². The van der Waals surface area contributed by atoms with Crippen molar-refractivity contribution < 1.29 is 23.8 Å². The fourth-order valence-electron chi connectivity index (χ4n) is 5.51. The van der Waals surface area contributed by atoms with E-state index in [1.165, 1.54) is 0 Å². The molecule has 1 aliphatic carbocycles. The SMILES string of the molecule is COc1nc(N2CCOCC2)cc2c1N(C(C)=O)[C@@H](C1CC1)[C@H](C)C2NC(=O)OCc1ccccc1. The maximum absolute atomic E-state index is 13.0. The van der Waals surface area contributed by atoms with E-state index in [-0.39, 0.29) is 30.5 Å². The normalized spacial score (nSPS) is 23.6. The van der Waals surface area contributed by atoms with Gasteiger partial charge in [-0.25, -0.2) is 4.79 Å². The van der Waals surface area contributed by atoms with Crippen LogP contribution in [0.5, 0.6) is 5.88 Å². The Morgan fingerprint density at radius 3 is 2.53 bits per heavy atom. The molecule has 0 radical (unpaired) electrons. The minimum Gasteiger partial charge on any atom is -0.479 e. The van der Waals surface area contributed by atoms with E-state index in [1.807, 2.05) is 41.3 Å². The van der Waals surface area contributed by atoms with Gasteiger partial charge in [0, 0.05) is 37.5 Å². The van der Waals surface area contributed by atoms with E-state index in [0.717, 1.165) is 29.8 Å². The van der Waals surface area contributed by atoms with Gasteiger partial charge in [-0.15, -0.1) is 0 Å². The van der Waals surface area contributed by atoms with Crippen LogP contribution >= 0.6 is 0 Å². The highest BCUT2D eigenvalue weighted by molar-refractivity contribution is 5.96. The van der Waals surface area contributed by atoms with Gasteiger partial charge in [-0.1, -0.05) is 37.3 Å². The van der Waals surface area contributed by atoms with E-state index in [2.05, 4.69) is 17.1 Å².